The van der Waals surface area contributed by atoms with Crippen molar-refractivity contribution in [2.24, 2.45) is 0 Å². The maximum absolute atomic E-state index is 12.0. The van der Waals surface area contributed by atoms with Gasteiger partial charge < -0.3 is 5.11 Å². The summed E-state index contributed by atoms with van der Waals surface area (Å²) >= 11 is 0. The van der Waals surface area contributed by atoms with Gasteiger partial charge in [0.05, 0.1) is 22.8 Å². The first-order chi connectivity index (χ1) is 22.4. The van der Waals surface area contributed by atoms with Crippen molar-refractivity contribution in [3.8, 4) is 5.75 Å². The molecule has 47 heavy (non-hydrogen) atoms. The van der Waals surface area contributed by atoms with E-state index in [1.807, 2.05) is 52.0 Å². The molecule has 4 aromatic heterocycles. The summed E-state index contributed by atoms with van der Waals surface area (Å²) in [4.78, 5) is 23.8. The van der Waals surface area contributed by atoms with Crippen LogP contribution in [0, 0.1) is 27.7 Å². The number of pyridine rings is 4. The zero-order valence-electron chi connectivity index (χ0n) is 29.0. The van der Waals surface area contributed by atoms with Gasteiger partial charge in [-0.05, 0) is 87.2 Å². The Kier molecular flexibility index (Phi) is 10.8. The Morgan fingerprint density at radius 1 is 0.489 bits per heavy atom. The molecule has 244 valence electrons. The number of nitrogens with zero attached hydrogens (tertiary/aromatic N) is 6. The number of aromatic nitrogens is 4. The predicted molar refractivity (Wildman–Crippen MR) is 189 cm³/mol. The van der Waals surface area contributed by atoms with Crippen LogP contribution in [-0.4, -0.2) is 34.8 Å². The lowest BCUT2D eigenvalue weighted by Crippen LogP contribution is -2.26. The van der Waals surface area contributed by atoms with Crippen LogP contribution in [0.3, 0.4) is 0 Å². The first-order valence-corrected chi connectivity index (χ1v) is 16.4. The largest absolute Gasteiger partial charge is 0.507 e. The van der Waals surface area contributed by atoms with Crippen LogP contribution in [0.1, 0.15) is 83.0 Å². The molecule has 0 amide bonds. The monoisotopic (exact) mass is 628 g/mol. The van der Waals surface area contributed by atoms with Crippen LogP contribution in [-0.2, 0) is 44.7 Å². The number of phenolic OH excluding ortho intramolecular Hbond substituents is 1. The molecule has 0 atom stereocenters. The third-order valence-electron chi connectivity index (χ3n) is 8.25. The molecule has 0 aliphatic carbocycles. The highest BCUT2D eigenvalue weighted by molar-refractivity contribution is 5.46. The van der Waals surface area contributed by atoms with Crippen molar-refractivity contribution in [1.82, 2.24) is 29.7 Å². The Hall–Kier alpha value is -4.46. The molecular weight excluding hydrogens is 580 g/mol. The van der Waals surface area contributed by atoms with Crippen molar-refractivity contribution >= 4 is 0 Å². The highest BCUT2D eigenvalue weighted by Crippen LogP contribution is 2.34. The van der Waals surface area contributed by atoms with E-state index in [1.54, 1.807) is 0 Å². The van der Waals surface area contributed by atoms with Crippen LogP contribution in [0.2, 0.25) is 0 Å². The number of rotatable bonds is 12. The molecule has 1 N–H and O–H groups in total. The van der Waals surface area contributed by atoms with Crippen LogP contribution in [0.5, 0.6) is 5.75 Å². The molecule has 0 bridgehead atoms. The third kappa shape index (κ3) is 9.77. The topological polar surface area (TPSA) is 78.3 Å². The van der Waals surface area contributed by atoms with Crippen LogP contribution < -0.4 is 0 Å². The van der Waals surface area contributed by atoms with Crippen LogP contribution in [0.15, 0.2) is 84.9 Å². The van der Waals surface area contributed by atoms with Gasteiger partial charge in [0, 0.05) is 73.2 Å². The Morgan fingerprint density at radius 2 is 0.787 bits per heavy atom. The highest BCUT2D eigenvalue weighted by atomic mass is 16.3. The predicted octanol–water partition coefficient (Wildman–Crippen LogP) is 7.91. The number of phenols is 1. The van der Waals surface area contributed by atoms with E-state index in [-0.39, 0.29) is 5.41 Å². The molecule has 1 aromatic carbocycles. The summed E-state index contributed by atoms with van der Waals surface area (Å²) in [7, 11) is 0. The van der Waals surface area contributed by atoms with Gasteiger partial charge in [-0.3, -0.25) is 29.7 Å². The second-order valence-electron chi connectivity index (χ2n) is 13.8. The molecule has 0 saturated heterocycles. The second kappa shape index (κ2) is 15.0. The molecule has 0 saturated carbocycles. The van der Waals surface area contributed by atoms with E-state index >= 15 is 0 Å². The average molecular weight is 629 g/mol. The molecule has 0 aliphatic rings. The molecule has 7 nitrogen and oxygen atoms in total. The SMILES string of the molecule is Cc1cccc(CN(Cc2cccc(C)n2)Cc2cc(C(C)(C)C)cc(CN(Cc3cccc(C)n3)Cc3cccc(C)n3)c2O)n1. The summed E-state index contributed by atoms with van der Waals surface area (Å²) in [5.74, 6) is 0.330. The molecule has 0 spiro atoms. The normalized spacial score (nSPS) is 11.9. The highest BCUT2D eigenvalue weighted by Gasteiger charge is 2.23. The zero-order valence-corrected chi connectivity index (χ0v) is 29.0. The maximum Gasteiger partial charge on any atom is 0.124 e. The minimum Gasteiger partial charge on any atom is -0.507 e. The standard InChI is InChI=1S/C40H48N6O/c1-28-12-8-16-35(41-28)24-45(25-36-17-9-13-29(2)42-36)22-32-20-34(40(5,6)7)21-33(39(32)47)23-46(26-37-18-10-14-30(3)43-37)27-38-19-11-15-31(4)44-38/h8-21,47H,22-27H2,1-7H3. The van der Waals surface area contributed by atoms with Gasteiger partial charge in [-0.15, -0.1) is 0 Å². The summed E-state index contributed by atoms with van der Waals surface area (Å²) in [6.07, 6.45) is 0. The van der Waals surface area contributed by atoms with Crippen LogP contribution in [0.25, 0.3) is 0 Å². The van der Waals surface area contributed by atoms with E-state index in [0.717, 1.165) is 56.7 Å². The molecule has 0 aliphatic heterocycles. The van der Waals surface area contributed by atoms with Gasteiger partial charge in [0.2, 0.25) is 0 Å². The number of hydrogen-bond donors (Lipinski definition) is 1. The molecule has 0 fully saturated rings. The Morgan fingerprint density at radius 3 is 1.04 bits per heavy atom. The summed E-state index contributed by atoms with van der Waals surface area (Å²) in [5.41, 5.74) is 10.8. The summed E-state index contributed by atoms with van der Waals surface area (Å²) in [6.45, 7) is 18.4. The summed E-state index contributed by atoms with van der Waals surface area (Å²) < 4.78 is 0. The Balaban J connectivity index is 1.51. The lowest BCUT2D eigenvalue weighted by molar-refractivity contribution is 0.231. The summed E-state index contributed by atoms with van der Waals surface area (Å²) in [6, 6.07) is 28.9. The van der Waals surface area contributed by atoms with E-state index in [9.17, 15) is 5.11 Å². The van der Waals surface area contributed by atoms with Crippen LogP contribution >= 0.6 is 0 Å². The molecule has 0 unspecified atom stereocenters. The van der Waals surface area contributed by atoms with Crippen molar-refractivity contribution in [2.75, 3.05) is 0 Å². The fraction of sp³-hybridized carbons (Fsp3) is 0.350. The van der Waals surface area contributed by atoms with Gasteiger partial charge in [0.25, 0.3) is 0 Å². The fourth-order valence-corrected chi connectivity index (χ4v) is 5.92. The molecule has 5 aromatic rings. The molecule has 7 heteroatoms. The van der Waals surface area contributed by atoms with Crippen molar-refractivity contribution in [1.29, 1.82) is 0 Å². The van der Waals surface area contributed by atoms with E-state index in [4.69, 9.17) is 19.9 Å². The lowest BCUT2D eigenvalue weighted by Gasteiger charge is -2.28. The zero-order chi connectivity index (χ0) is 33.6. The lowest BCUT2D eigenvalue weighted by atomic mass is 9.84. The second-order valence-corrected chi connectivity index (χ2v) is 13.8. The third-order valence-corrected chi connectivity index (χ3v) is 8.25. The van der Waals surface area contributed by atoms with Gasteiger partial charge in [-0.25, -0.2) is 0 Å². The van der Waals surface area contributed by atoms with Crippen LogP contribution in [0.4, 0.5) is 0 Å². The smallest absolute Gasteiger partial charge is 0.124 e. The number of benzene rings is 1. The minimum absolute atomic E-state index is 0.112. The molecule has 4 heterocycles. The van der Waals surface area contributed by atoms with Gasteiger partial charge in [-0.2, -0.15) is 0 Å². The Bertz CT molecular complexity index is 1590. The van der Waals surface area contributed by atoms with Crippen molar-refractivity contribution in [2.45, 2.75) is 93.1 Å². The number of aryl methyl sites for hydroxylation is 4. The average Bonchev–Trinajstić information content (AvgIpc) is 2.98. The molecule has 5 rings (SSSR count). The summed E-state index contributed by atoms with van der Waals surface area (Å²) in [5, 5.41) is 12.0. The first-order valence-electron chi connectivity index (χ1n) is 16.4. The Labute approximate surface area is 280 Å². The van der Waals surface area contributed by atoms with Gasteiger partial charge in [0.15, 0.2) is 0 Å². The van der Waals surface area contributed by atoms with Gasteiger partial charge in [-0.1, -0.05) is 57.2 Å². The van der Waals surface area contributed by atoms with Gasteiger partial charge in [0.1, 0.15) is 5.75 Å². The van der Waals surface area contributed by atoms with Crippen molar-refractivity contribution < 1.29 is 5.11 Å². The van der Waals surface area contributed by atoms with E-state index in [2.05, 4.69) is 91.2 Å². The van der Waals surface area contributed by atoms with E-state index in [0.29, 0.717) is 45.0 Å². The number of aromatic hydroxyl groups is 1. The van der Waals surface area contributed by atoms with Crippen molar-refractivity contribution in [3.63, 3.8) is 0 Å². The maximum atomic E-state index is 12.0. The first kappa shape index (κ1) is 33.9. The van der Waals surface area contributed by atoms with Gasteiger partial charge >= 0.3 is 0 Å². The number of hydrogen-bond acceptors (Lipinski definition) is 7. The fourth-order valence-electron chi connectivity index (χ4n) is 5.92. The van der Waals surface area contributed by atoms with E-state index in [1.165, 1.54) is 5.56 Å². The van der Waals surface area contributed by atoms with Crippen molar-refractivity contribution in [3.05, 3.63) is 147 Å². The molecule has 0 radical (unpaired) electrons. The molecular formula is C40H48N6O. The minimum atomic E-state index is -0.112. The van der Waals surface area contributed by atoms with E-state index < -0.39 is 0 Å². The quantitative estimate of drug-likeness (QED) is 0.150.